The number of aromatic nitrogens is 2. The summed E-state index contributed by atoms with van der Waals surface area (Å²) in [6.45, 7) is 8.70. The van der Waals surface area contributed by atoms with Crippen LogP contribution in [0, 0.1) is 11.2 Å². The third-order valence-corrected chi connectivity index (χ3v) is 8.09. The molecule has 0 bridgehead atoms. The van der Waals surface area contributed by atoms with Crippen molar-refractivity contribution in [3.05, 3.63) is 66.1 Å². The van der Waals surface area contributed by atoms with E-state index in [0.29, 0.717) is 29.8 Å². The van der Waals surface area contributed by atoms with Crippen LogP contribution in [0.5, 0.6) is 0 Å². The molecule has 3 aromatic rings. The molecule has 8 heteroatoms. The topological polar surface area (TPSA) is 64.6 Å². The number of fused-ring (bicyclic) bond motifs is 1. The summed E-state index contributed by atoms with van der Waals surface area (Å²) in [5, 5.41) is 3.98. The first-order valence-corrected chi connectivity index (χ1v) is 12.9. The minimum Gasteiger partial charge on any atom is -0.335 e. The molecular weight excluding hydrogens is 455 g/mol. The Bertz CT molecular complexity index is 1260. The third-order valence-electron chi connectivity index (χ3n) is 8.09. The molecule has 0 radical (unpaired) electrons. The van der Waals surface area contributed by atoms with Crippen molar-refractivity contribution in [1.29, 1.82) is 0 Å². The van der Waals surface area contributed by atoms with Crippen molar-refractivity contribution in [2.45, 2.75) is 51.4 Å². The Morgan fingerprint density at radius 1 is 1.08 bits per heavy atom. The smallest absolute Gasteiger partial charge is 0.317 e. The van der Waals surface area contributed by atoms with Gasteiger partial charge in [-0.2, -0.15) is 0 Å². The van der Waals surface area contributed by atoms with Crippen molar-refractivity contribution in [1.82, 2.24) is 25.1 Å². The molecule has 1 saturated carbocycles. The van der Waals surface area contributed by atoms with E-state index in [1.165, 1.54) is 17.7 Å². The van der Waals surface area contributed by atoms with E-state index in [0.717, 1.165) is 38.0 Å². The van der Waals surface area contributed by atoms with E-state index >= 15 is 0 Å². The van der Waals surface area contributed by atoms with Gasteiger partial charge in [-0.1, -0.05) is 30.3 Å². The van der Waals surface area contributed by atoms with Crippen LogP contribution in [0.2, 0.25) is 0 Å². The summed E-state index contributed by atoms with van der Waals surface area (Å²) in [5.41, 5.74) is 2.47. The lowest BCUT2D eigenvalue weighted by Gasteiger charge is -2.59. The first kappa shape index (κ1) is 23.2. The van der Waals surface area contributed by atoms with Crippen LogP contribution >= 0.6 is 0 Å². The summed E-state index contributed by atoms with van der Waals surface area (Å²) in [4.78, 5) is 28.9. The molecule has 6 rings (SSSR count). The van der Waals surface area contributed by atoms with E-state index < -0.39 is 0 Å². The molecule has 1 aromatic heterocycles. The second-order valence-electron chi connectivity index (χ2n) is 11.1. The minimum atomic E-state index is -0.292. The first-order chi connectivity index (χ1) is 17.4. The standard InChI is InChI=1S/C28H33FN6O/c1-19-15-35(20(2)14-34(19)26-30-13-22-10-23(29)8-9-25(22)32-26)27(36)31-24-11-28(12-24)17-33(18-28)16-21-6-4-3-5-7-21/h3-10,13,19-20,24H,11-12,14-18H2,1-2H3,(H,31,36)/t19-,20+/m0/s1. The van der Waals surface area contributed by atoms with Crippen LogP contribution in [0.1, 0.15) is 32.3 Å². The molecule has 1 spiro atoms. The molecule has 188 valence electrons. The number of nitrogens with zero attached hydrogens (tertiary/aromatic N) is 5. The number of benzene rings is 2. The molecule has 36 heavy (non-hydrogen) atoms. The van der Waals surface area contributed by atoms with E-state index in [1.807, 2.05) is 4.90 Å². The van der Waals surface area contributed by atoms with Crippen LogP contribution in [0.4, 0.5) is 15.1 Å². The number of halogens is 1. The van der Waals surface area contributed by atoms with Gasteiger partial charge < -0.3 is 15.1 Å². The number of urea groups is 1. The molecular formula is C28H33FN6O. The summed E-state index contributed by atoms with van der Waals surface area (Å²) in [7, 11) is 0. The van der Waals surface area contributed by atoms with Crippen molar-refractivity contribution in [2.24, 2.45) is 5.41 Å². The van der Waals surface area contributed by atoms with Gasteiger partial charge in [-0.25, -0.2) is 19.2 Å². The van der Waals surface area contributed by atoms with Gasteiger partial charge in [0.05, 0.1) is 5.52 Å². The molecule has 2 amide bonds. The summed E-state index contributed by atoms with van der Waals surface area (Å²) in [6.07, 6.45) is 3.81. The molecule has 2 aliphatic heterocycles. The predicted molar refractivity (Wildman–Crippen MR) is 138 cm³/mol. The summed E-state index contributed by atoms with van der Waals surface area (Å²) >= 11 is 0. The van der Waals surface area contributed by atoms with Gasteiger partial charge in [0, 0.05) is 62.4 Å². The van der Waals surface area contributed by atoms with E-state index in [-0.39, 0.29) is 30.0 Å². The van der Waals surface area contributed by atoms with Gasteiger partial charge in [0.25, 0.3) is 0 Å². The van der Waals surface area contributed by atoms with Crippen LogP contribution in [0.3, 0.4) is 0 Å². The molecule has 3 fully saturated rings. The highest BCUT2D eigenvalue weighted by molar-refractivity contribution is 5.79. The molecule has 3 aliphatic rings. The van der Waals surface area contributed by atoms with Crippen LogP contribution in [-0.4, -0.2) is 70.1 Å². The van der Waals surface area contributed by atoms with Crippen molar-refractivity contribution >= 4 is 22.9 Å². The van der Waals surface area contributed by atoms with Crippen molar-refractivity contribution in [3.8, 4) is 0 Å². The number of carbonyl (C=O) groups excluding carboxylic acids is 1. The molecule has 2 aromatic carbocycles. The Morgan fingerprint density at radius 3 is 2.64 bits per heavy atom. The Kier molecular flexibility index (Phi) is 5.79. The molecule has 7 nitrogen and oxygen atoms in total. The maximum Gasteiger partial charge on any atom is 0.317 e. The number of hydrogen-bond donors (Lipinski definition) is 1. The number of anilines is 1. The Balaban J connectivity index is 1.01. The lowest BCUT2D eigenvalue weighted by atomic mass is 9.60. The average molecular weight is 489 g/mol. The second kappa shape index (κ2) is 9.00. The molecule has 1 aliphatic carbocycles. The number of hydrogen-bond acceptors (Lipinski definition) is 5. The van der Waals surface area contributed by atoms with Crippen molar-refractivity contribution < 1.29 is 9.18 Å². The Labute approximate surface area is 211 Å². The highest BCUT2D eigenvalue weighted by Gasteiger charge is 2.52. The molecule has 2 atom stereocenters. The third kappa shape index (κ3) is 4.39. The van der Waals surface area contributed by atoms with Crippen LogP contribution in [0.25, 0.3) is 10.9 Å². The normalized spacial score (nSPS) is 24.0. The number of carbonyl (C=O) groups is 1. The monoisotopic (exact) mass is 488 g/mol. The van der Waals surface area contributed by atoms with Crippen LogP contribution < -0.4 is 10.2 Å². The summed E-state index contributed by atoms with van der Waals surface area (Å²) < 4.78 is 13.5. The van der Waals surface area contributed by atoms with Crippen LogP contribution in [0.15, 0.2) is 54.7 Å². The fourth-order valence-electron chi connectivity index (χ4n) is 6.28. The lowest BCUT2D eigenvalue weighted by Crippen LogP contribution is -2.68. The second-order valence-corrected chi connectivity index (χ2v) is 11.1. The number of piperazine rings is 1. The maximum atomic E-state index is 13.5. The van der Waals surface area contributed by atoms with Gasteiger partial charge >= 0.3 is 6.03 Å². The van der Waals surface area contributed by atoms with Gasteiger partial charge in [-0.3, -0.25) is 4.90 Å². The van der Waals surface area contributed by atoms with Crippen LogP contribution in [-0.2, 0) is 6.54 Å². The molecule has 2 saturated heterocycles. The molecule has 3 heterocycles. The van der Waals surface area contributed by atoms with Gasteiger partial charge in [-0.05, 0) is 55.9 Å². The molecule has 0 unspecified atom stereocenters. The quantitative estimate of drug-likeness (QED) is 0.601. The van der Waals surface area contributed by atoms with Crippen molar-refractivity contribution in [2.75, 3.05) is 31.1 Å². The van der Waals surface area contributed by atoms with Gasteiger partial charge in [0.2, 0.25) is 5.95 Å². The van der Waals surface area contributed by atoms with Gasteiger partial charge in [0.1, 0.15) is 5.82 Å². The van der Waals surface area contributed by atoms with E-state index in [9.17, 15) is 9.18 Å². The first-order valence-electron chi connectivity index (χ1n) is 12.9. The van der Waals surface area contributed by atoms with Gasteiger partial charge in [-0.15, -0.1) is 0 Å². The predicted octanol–water partition coefficient (Wildman–Crippen LogP) is 4.04. The average Bonchev–Trinajstić information content (AvgIpc) is 2.82. The SMILES string of the molecule is C[C@@H]1CN(c2ncc3cc(F)ccc3n2)[C@@H](C)CN1C(=O)NC1CC2(C1)CN(Cc1ccccc1)C2. The Morgan fingerprint density at radius 2 is 1.86 bits per heavy atom. The maximum absolute atomic E-state index is 13.5. The van der Waals surface area contributed by atoms with Crippen molar-refractivity contribution in [3.63, 3.8) is 0 Å². The number of amides is 2. The zero-order valence-corrected chi connectivity index (χ0v) is 20.9. The number of nitrogens with one attached hydrogen (secondary N) is 1. The van der Waals surface area contributed by atoms with E-state index in [1.54, 1.807) is 12.3 Å². The van der Waals surface area contributed by atoms with Gasteiger partial charge in [0.15, 0.2) is 0 Å². The Hall–Kier alpha value is -3.26. The molecule has 1 N–H and O–H groups in total. The fraction of sp³-hybridized carbons (Fsp3) is 0.464. The zero-order valence-electron chi connectivity index (χ0n) is 20.9. The fourth-order valence-corrected chi connectivity index (χ4v) is 6.28. The number of rotatable bonds is 4. The highest BCUT2D eigenvalue weighted by atomic mass is 19.1. The zero-order chi connectivity index (χ0) is 24.9. The lowest BCUT2D eigenvalue weighted by molar-refractivity contribution is -0.0811. The summed E-state index contributed by atoms with van der Waals surface area (Å²) in [5.74, 6) is 0.333. The highest BCUT2D eigenvalue weighted by Crippen LogP contribution is 2.48. The minimum absolute atomic E-state index is 0.0317. The largest absolute Gasteiger partial charge is 0.335 e. The number of likely N-dealkylation sites (tertiary alicyclic amines) is 1. The van der Waals surface area contributed by atoms with E-state index in [4.69, 9.17) is 0 Å². The summed E-state index contributed by atoms with van der Waals surface area (Å²) in [6, 6.07) is 15.6. The van der Waals surface area contributed by atoms with E-state index in [2.05, 4.69) is 69.3 Å².